The minimum Gasteiger partial charge on any atom is -0.381 e. The van der Waals surface area contributed by atoms with Gasteiger partial charge in [0.05, 0.1) is 12.4 Å². The number of nitrogens with one attached hydrogen (secondary N) is 1. The minimum absolute atomic E-state index is 0. The number of rotatable bonds is 7. The zero-order valence-corrected chi connectivity index (χ0v) is 19.6. The third kappa shape index (κ3) is 6.88. The quantitative estimate of drug-likeness (QED) is 0.267. The number of aliphatic imine (C=N–C) groups is 1. The Hall–Kier alpha value is -0.870. The lowest BCUT2D eigenvalue weighted by Gasteiger charge is -2.39. The maximum atomic E-state index is 5.85. The topological polar surface area (TPSA) is 63.9 Å². The lowest BCUT2D eigenvalue weighted by Crippen LogP contribution is -2.49. The van der Waals surface area contributed by atoms with Crippen LogP contribution in [0.25, 0.3) is 0 Å². The molecule has 0 aromatic carbocycles. The summed E-state index contributed by atoms with van der Waals surface area (Å²) in [4.78, 5) is 11.1. The minimum atomic E-state index is 0. The Labute approximate surface area is 186 Å². The summed E-state index contributed by atoms with van der Waals surface area (Å²) in [5.74, 6) is 2.32. The molecule has 8 heteroatoms. The van der Waals surface area contributed by atoms with E-state index in [2.05, 4.69) is 37.9 Å². The molecule has 0 radical (unpaired) electrons. The lowest BCUT2D eigenvalue weighted by molar-refractivity contribution is 0.0203. The lowest BCUT2D eigenvalue weighted by atomic mass is 9.93. The molecule has 2 atom stereocenters. The molecule has 28 heavy (non-hydrogen) atoms. The fourth-order valence-corrected chi connectivity index (χ4v) is 3.96. The molecule has 2 saturated heterocycles. The SMILES string of the molecule is CN=C(NCCCOCC1CCOCC1)N1CCC(C)C(n2ccnc2)C1.I. The van der Waals surface area contributed by atoms with Crippen LogP contribution in [0.15, 0.2) is 23.7 Å². The van der Waals surface area contributed by atoms with Crippen LogP contribution in [-0.4, -0.2) is 73.5 Å². The van der Waals surface area contributed by atoms with E-state index in [0.29, 0.717) is 17.9 Å². The van der Waals surface area contributed by atoms with Gasteiger partial charge in [-0.3, -0.25) is 4.99 Å². The van der Waals surface area contributed by atoms with E-state index in [4.69, 9.17) is 9.47 Å². The van der Waals surface area contributed by atoms with Crippen LogP contribution in [0.3, 0.4) is 0 Å². The summed E-state index contributed by atoms with van der Waals surface area (Å²) in [6.45, 7) is 8.69. The molecule has 2 fully saturated rings. The molecule has 0 saturated carbocycles. The van der Waals surface area contributed by atoms with Gasteiger partial charge >= 0.3 is 0 Å². The van der Waals surface area contributed by atoms with Crippen molar-refractivity contribution in [2.24, 2.45) is 16.8 Å². The van der Waals surface area contributed by atoms with Crippen LogP contribution in [0.1, 0.15) is 38.6 Å². The number of hydrogen-bond acceptors (Lipinski definition) is 4. The van der Waals surface area contributed by atoms with Gasteiger partial charge in [-0.25, -0.2) is 4.98 Å². The Morgan fingerprint density at radius 2 is 2.14 bits per heavy atom. The highest BCUT2D eigenvalue weighted by molar-refractivity contribution is 14.0. The molecule has 0 amide bonds. The standard InChI is InChI=1S/C20H35N5O2.HI/c1-17-4-9-24(14-19(17)25-10-8-22-16-25)20(21-2)23-7-3-11-27-15-18-5-12-26-13-6-18;/h8,10,16-19H,3-7,9,11-15H2,1-2H3,(H,21,23);1H. The summed E-state index contributed by atoms with van der Waals surface area (Å²) in [6, 6.07) is 0.447. The number of piperidine rings is 1. The number of guanidine groups is 1. The van der Waals surface area contributed by atoms with Gasteiger partial charge in [0.2, 0.25) is 0 Å². The van der Waals surface area contributed by atoms with Gasteiger partial charge in [0.15, 0.2) is 5.96 Å². The summed E-state index contributed by atoms with van der Waals surface area (Å²) in [7, 11) is 1.87. The average molecular weight is 505 g/mol. The first-order valence-electron chi connectivity index (χ1n) is 10.4. The number of aromatic nitrogens is 2. The van der Waals surface area contributed by atoms with Crippen molar-refractivity contribution in [3.8, 4) is 0 Å². The monoisotopic (exact) mass is 505 g/mol. The Kier molecular flexibility index (Phi) is 10.6. The average Bonchev–Trinajstić information content (AvgIpc) is 3.23. The molecular weight excluding hydrogens is 469 g/mol. The molecule has 2 aliphatic rings. The second-order valence-corrected chi connectivity index (χ2v) is 7.75. The molecule has 0 spiro atoms. The van der Waals surface area contributed by atoms with E-state index in [1.54, 1.807) is 0 Å². The zero-order valence-electron chi connectivity index (χ0n) is 17.3. The van der Waals surface area contributed by atoms with Crippen molar-refractivity contribution < 1.29 is 9.47 Å². The predicted octanol–water partition coefficient (Wildman–Crippen LogP) is 2.79. The van der Waals surface area contributed by atoms with Gasteiger partial charge in [-0.1, -0.05) is 6.92 Å². The van der Waals surface area contributed by atoms with Gasteiger partial charge in [-0.2, -0.15) is 0 Å². The second-order valence-electron chi connectivity index (χ2n) is 7.75. The predicted molar refractivity (Wildman–Crippen MR) is 122 cm³/mol. The summed E-state index contributed by atoms with van der Waals surface area (Å²) >= 11 is 0. The Bertz CT molecular complexity index is 563. The van der Waals surface area contributed by atoms with Crippen LogP contribution < -0.4 is 5.32 Å². The van der Waals surface area contributed by atoms with Crippen molar-refractivity contribution in [2.45, 2.75) is 38.6 Å². The maximum Gasteiger partial charge on any atom is 0.193 e. The number of nitrogens with zero attached hydrogens (tertiary/aromatic N) is 4. The normalized spacial score (nSPS) is 24.1. The molecule has 1 aromatic heterocycles. The molecule has 3 rings (SSSR count). The largest absolute Gasteiger partial charge is 0.381 e. The zero-order chi connectivity index (χ0) is 18.9. The molecular formula is C20H36IN5O2. The van der Waals surface area contributed by atoms with E-state index in [-0.39, 0.29) is 24.0 Å². The third-order valence-electron chi connectivity index (χ3n) is 5.78. The first-order chi connectivity index (χ1) is 13.3. The van der Waals surface area contributed by atoms with Crippen LogP contribution in [0.4, 0.5) is 0 Å². The van der Waals surface area contributed by atoms with E-state index >= 15 is 0 Å². The third-order valence-corrected chi connectivity index (χ3v) is 5.78. The highest BCUT2D eigenvalue weighted by Gasteiger charge is 2.28. The fourth-order valence-electron chi connectivity index (χ4n) is 3.96. The van der Waals surface area contributed by atoms with Crippen molar-refractivity contribution in [2.75, 3.05) is 53.1 Å². The highest BCUT2D eigenvalue weighted by atomic mass is 127. The van der Waals surface area contributed by atoms with Gasteiger partial charge in [-0.15, -0.1) is 24.0 Å². The summed E-state index contributed by atoms with van der Waals surface area (Å²) in [5.41, 5.74) is 0. The maximum absolute atomic E-state index is 5.85. The Balaban J connectivity index is 0.00000280. The highest BCUT2D eigenvalue weighted by Crippen LogP contribution is 2.27. The van der Waals surface area contributed by atoms with Crippen LogP contribution in [0.5, 0.6) is 0 Å². The number of ether oxygens (including phenoxy) is 2. The van der Waals surface area contributed by atoms with Crippen LogP contribution in [0, 0.1) is 11.8 Å². The first-order valence-corrected chi connectivity index (χ1v) is 10.4. The summed E-state index contributed by atoms with van der Waals surface area (Å²) < 4.78 is 13.5. The van der Waals surface area contributed by atoms with Crippen molar-refractivity contribution in [3.05, 3.63) is 18.7 Å². The summed E-state index contributed by atoms with van der Waals surface area (Å²) in [5, 5.41) is 3.51. The molecule has 3 heterocycles. The van der Waals surface area contributed by atoms with E-state index in [1.165, 1.54) is 0 Å². The van der Waals surface area contributed by atoms with Crippen LogP contribution >= 0.6 is 24.0 Å². The van der Waals surface area contributed by atoms with Gasteiger partial charge in [-0.05, 0) is 37.5 Å². The Morgan fingerprint density at radius 1 is 1.32 bits per heavy atom. The Morgan fingerprint density at radius 3 is 2.86 bits per heavy atom. The summed E-state index contributed by atoms with van der Waals surface area (Å²) in [6.07, 6.45) is 10.3. The van der Waals surface area contributed by atoms with Crippen molar-refractivity contribution in [3.63, 3.8) is 0 Å². The van der Waals surface area contributed by atoms with Crippen molar-refractivity contribution in [1.82, 2.24) is 19.8 Å². The number of halogens is 1. The second kappa shape index (κ2) is 12.6. The number of likely N-dealkylation sites (tertiary alicyclic amines) is 1. The van der Waals surface area contributed by atoms with E-state index in [9.17, 15) is 0 Å². The first kappa shape index (κ1) is 23.4. The van der Waals surface area contributed by atoms with E-state index < -0.39 is 0 Å². The molecule has 160 valence electrons. The van der Waals surface area contributed by atoms with Gasteiger partial charge in [0.25, 0.3) is 0 Å². The molecule has 2 unspecified atom stereocenters. The van der Waals surface area contributed by atoms with Crippen LogP contribution in [0.2, 0.25) is 0 Å². The van der Waals surface area contributed by atoms with E-state index in [0.717, 1.165) is 77.7 Å². The van der Waals surface area contributed by atoms with Crippen molar-refractivity contribution >= 4 is 29.9 Å². The van der Waals surface area contributed by atoms with Gasteiger partial charge in [0.1, 0.15) is 0 Å². The molecule has 0 bridgehead atoms. The molecule has 1 N–H and O–H groups in total. The molecule has 2 aliphatic heterocycles. The van der Waals surface area contributed by atoms with Crippen molar-refractivity contribution in [1.29, 1.82) is 0 Å². The van der Waals surface area contributed by atoms with Crippen LogP contribution in [-0.2, 0) is 9.47 Å². The van der Waals surface area contributed by atoms with Gasteiger partial charge < -0.3 is 24.3 Å². The molecule has 1 aromatic rings. The van der Waals surface area contributed by atoms with Gasteiger partial charge in [0, 0.05) is 65.5 Å². The number of imidazole rings is 1. The molecule has 7 nitrogen and oxygen atoms in total. The molecule has 0 aliphatic carbocycles. The van der Waals surface area contributed by atoms with E-state index in [1.807, 2.05) is 19.6 Å². The fraction of sp³-hybridized carbons (Fsp3) is 0.800. The smallest absolute Gasteiger partial charge is 0.193 e. The number of hydrogen-bond donors (Lipinski definition) is 1.